The van der Waals surface area contributed by atoms with Crippen LogP contribution >= 0.6 is 0 Å². The number of aryl methyl sites for hydroxylation is 2. The van der Waals surface area contributed by atoms with Gasteiger partial charge in [-0.05, 0) is 44.4 Å². The SMILES string of the molecule is Cc1noc(C)c1-c1ccn2c(C3CCCN3C#N)cnc2c1. The highest BCUT2D eigenvalue weighted by atomic mass is 16.5. The van der Waals surface area contributed by atoms with Crippen molar-refractivity contribution < 1.29 is 4.52 Å². The Kier molecular flexibility index (Phi) is 3.08. The highest BCUT2D eigenvalue weighted by Crippen LogP contribution is 2.33. The van der Waals surface area contributed by atoms with Crippen molar-refractivity contribution in [1.82, 2.24) is 19.4 Å². The van der Waals surface area contributed by atoms with Crippen molar-refractivity contribution in [2.45, 2.75) is 32.7 Å². The third-order valence-corrected chi connectivity index (χ3v) is 4.59. The van der Waals surface area contributed by atoms with Crippen molar-refractivity contribution in [2.75, 3.05) is 6.54 Å². The maximum absolute atomic E-state index is 9.27. The molecule has 1 aliphatic rings. The summed E-state index contributed by atoms with van der Waals surface area (Å²) in [6, 6.07) is 4.22. The predicted molar refractivity (Wildman–Crippen MR) is 84.5 cm³/mol. The lowest BCUT2D eigenvalue weighted by atomic mass is 10.1. The van der Waals surface area contributed by atoms with Crippen LogP contribution in [0.2, 0.25) is 0 Å². The second-order valence-electron chi connectivity index (χ2n) is 5.98. The Morgan fingerprint density at radius 3 is 3.00 bits per heavy atom. The highest BCUT2D eigenvalue weighted by molar-refractivity contribution is 5.70. The first-order valence-corrected chi connectivity index (χ1v) is 7.75. The van der Waals surface area contributed by atoms with E-state index in [1.165, 1.54) is 0 Å². The molecule has 0 aromatic carbocycles. The molecule has 0 amide bonds. The second-order valence-corrected chi connectivity index (χ2v) is 5.98. The van der Waals surface area contributed by atoms with Crippen molar-refractivity contribution in [3.8, 4) is 17.3 Å². The lowest BCUT2D eigenvalue weighted by Gasteiger charge is -2.17. The summed E-state index contributed by atoms with van der Waals surface area (Å²) in [7, 11) is 0. The Balaban J connectivity index is 1.80. The van der Waals surface area contributed by atoms with E-state index in [2.05, 4.69) is 26.8 Å². The average Bonchev–Trinajstić information content (AvgIpc) is 3.24. The molecule has 3 aromatic rings. The number of aromatic nitrogens is 3. The van der Waals surface area contributed by atoms with Crippen molar-refractivity contribution in [1.29, 1.82) is 5.26 Å². The van der Waals surface area contributed by atoms with Crippen LogP contribution in [0.15, 0.2) is 29.0 Å². The van der Waals surface area contributed by atoms with E-state index in [0.29, 0.717) is 0 Å². The number of rotatable bonds is 2. The number of pyridine rings is 1. The Bertz CT molecular complexity index is 897. The molecule has 0 spiro atoms. The monoisotopic (exact) mass is 307 g/mol. The number of hydrogen-bond donors (Lipinski definition) is 0. The molecule has 1 saturated heterocycles. The summed E-state index contributed by atoms with van der Waals surface area (Å²) in [4.78, 5) is 6.38. The van der Waals surface area contributed by atoms with Gasteiger partial charge in [0.15, 0.2) is 6.19 Å². The molecule has 3 aromatic heterocycles. The Labute approximate surface area is 133 Å². The standard InChI is InChI=1S/C17H17N5O/c1-11-17(12(2)23-20-11)13-5-7-22-15(9-19-16(22)8-13)14-4-3-6-21(14)10-18/h5,7-9,14H,3-4,6H2,1-2H3. The normalized spacial score (nSPS) is 17.8. The van der Waals surface area contributed by atoms with Crippen molar-refractivity contribution in [2.24, 2.45) is 0 Å². The van der Waals surface area contributed by atoms with E-state index in [-0.39, 0.29) is 6.04 Å². The lowest BCUT2D eigenvalue weighted by molar-refractivity contribution is 0.366. The topological polar surface area (TPSA) is 70.4 Å². The zero-order valence-electron chi connectivity index (χ0n) is 13.2. The zero-order chi connectivity index (χ0) is 16.0. The molecule has 0 N–H and O–H groups in total. The van der Waals surface area contributed by atoms with Gasteiger partial charge in [-0.2, -0.15) is 5.26 Å². The number of fused-ring (bicyclic) bond motifs is 1. The number of likely N-dealkylation sites (tertiary alicyclic amines) is 1. The van der Waals surface area contributed by atoms with E-state index in [1.807, 2.05) is 37.2 Å². The Hall–Kier alpha value is -2.81. The van der Waals surface area contributed by atoms with E-state index < -0.39 is 0 Å². The first kappa shape index (κ1) is 13.8. The van der Waals surface area contributed by atoms with Crippen LogP contribution in [0.3, 0.4) is 0 Å². The number of hydrogen-bond acceptors (Lipinski definition) is 5. The molecule has 6 heteroatoms. The smallest absolute Gasteiger partial charge is 0.179 e. The molecular formula is C17H17N5O. The van der Waals surface area contributed by atoms with E-state index in [9.17, 15) is 5.26 Å². The summed E-state index contributed by atoms with van der Waals surface area (Å²) in [6.45, 7) is 4.68. The van der Waals surface area contributed by atoms with Gasteiger partial charge in [0, 0.05) is 18.3 Å². The first-order valence-electron chi connectivity index (χ1n) is 7.75. The fourth-order valence-corrected chi connectivity index (χ4v) is 3.49. The van der Waals surface area contributed by atoms with Gasteiger partial charge < -0.3 is 13.8 Å². The molecule has 1 unspecified atom stereocenters. The van der Waals surface area contributed by atoms with Gasteiger partial charge in [-0.15, -0.1) is 0 Å². The molecule has 116 valence electrons. The molecule has 0 aliphatic carbocycles. The average molecular weight is 307 g/mol. The van der Waals surface area contributed by atoms with Gasteiger partial charge in [0.05, 0.1) is 23.6 Å². The molecule has 1 atom stereocenters. The largest absolute Gasteiger partial charge is 0.361 e. The molecule has 23 heavy (non-hydrogen) atoms. The molecule has 0 bridgehead atoms. The number of nitriles is 1. The fourth-order valence-electron chi connectivity index (χ4n) is 3.49. The Morgan fingerprint density at radius 1 is 1.39 bits per heavy atom. The van der Waals surface area contributed by atoms with Crippen molar-refractivity contribution in [3.05, 3.63) is 41.7 Å². The van der Waals surface area contributed by atoms with E-state index in [1.54, 1.807) is 0 Å². The minimum atomic E-state index is 0.125. The van der Waals surface area contributed by atoms with Crippen LogP contribution in [0, 0.1) is 25.3 Å². The van der Waals surface area contributed by atoms with Gasteiger partial charge in [-0.25, -0.2) is 4.98 Å². The van der Waals surface area contributed by atoms with E-state index in [0.717, 1.165) is 53.3 Å². The summed E-state index contributed by atoms with van der Waals surface area (Å²) >= 11 is 0. The molecule has 4 rings (SSSR count). The number of imidazole rings is 1. The summed E-state index contributed by atoms with van der Waals surface area (Å²) in [6.07, 6.45) is 8.23. The van der Waals surface area contributed by atoms with Gasteiger partial charge in [-0.1, -0.05) is 5.16 Å². The van der Waals surface area contributed by atoms with Crippen LogP contribution < -0.4 is 0 Å². The third-order valence-electron chi connectivity index (χ3n) is 4.59. The maximum Gasteiger partial charge on any atom is 0.179 e. The van der Waals surface area contributed by atoms with Crippen LogP contribution in [0.4, 0.5) is 0 Å². The quantitative estimate of drug-likeness (QED) is 0.680. The lowest BCUT2D eigenvalue weighted by Crippen LogP contribution is -2.18. The minimum Gasteiger partial charge on any atom is -0.361 e. The first-order chi connectivity index (χ1) is 11.2. The van der Waals surface area contributed by atoms with Crippen LogP contribution in [0.1, 0.15) is 36.0 Å². The molecule has 0 saturated carbocycles. The predicted octanol–water partition coefficient (Wildman–Crippen LogP) is 3.22. The van der Waals surface area contributed by atoms with Crippen LogP contribution in [-0.4, -0.2) is 26.0 Å². The molecule has 1 aliphatic heterocycles. The van der Waals surface area contributed by atoms with E-state index in [4.69, 9.17) is 4.52 Å². The zero-order valence-corrected chi connectivity index (χ0v) is 13.2. The highest BCUT2D eigenvalue weighted by Gasteiger charge is 2.27. The third kappa shape index (κ3) is 2.08. The van der Waals surface area contributed by atoms with Gasteiger partial charge in [0.2, 0.25) is 0 Å². The van der Waals surface area contributed by atoms with Crippen LogP contribution in [-0.2, 0) is 0 Å². The van der Waals surface area contributed by atoms with E-state index >= 15 is 0 Å². The maximum atomic E-state index is 9.27. The fraction of sp³-hybridized carbons (Fsp3) is 0.353. The molecular weight excluding hydrogens is 290 g/mol. The van der Waals surface area contributed by atoms with Crippen molar-refractivity contribution >= 4 is 5.65 Å². The minimum absolute atomic E-state index is 0.125. The van der Waals surface area contributed by atoms with Gasteiger partial charge >= 0.3 is 0 Å². The summed E-state index contributed by atoms with van der Waals surface area (Å²) < 4.78 is 7.33. The van der Waals surface area contributed by atoms with Gasteiger partial charge in [0.25, 0.3) is 0 Å². The number of nitrogens with zero attached hydrogens (tertiary/aromatic N) is 5. The van der Waals surface area contributed by atoms with Gasteiger partial charge in [-0.3, -0.25) is 0 Å². The van der Waals surface area contributed by atoms with Crippen molar-refractivity contribution in [3.63, 3.8) is 0 Å². The summed E-state index contributed by atoms with van der Waals surface area (Å²) in [5.41, 5.74) is 4.91. The molecule has 6 nitrogen and oxygen atoms in total. The van der Waals surface area contributed by atoms with Crippen LogP contribution in [0.25, 0.3) is 16.8 Å². The summed E-state index contributed by atoms with van der Waals surface area (Å²) in [5, 5.41) is 13.3. The second kappa shape index (κ2) is 5.13. The summed E-state index contributed by atoms with van der Waals surface area (Å²) in [5.74, 6) is 0.810. The Morgan fingerprint density at radius 2 is 2.26 bits per heavy atom. The molecule has 1 fully saturated rings. The molecule has 0 radical (unpaired) electrons. The molecule has 4 heterocycles. The van der Waals surface area contributed by atoms with Gasteiger partial charge in [0.1, 0.15) is 11.4 Å². The van der Waals surface area contributed by atoms with Crippen LogP contribution in [0.5, 0.6) is 0 Å².